The normalized spacial score (nSPS) is 27.8. The summed E-state index contributed by atoms with van der Waals surface area (Å²) in [7, 11) is 0. The quantitative estimate of drug-likeness (QED) is 0.712. The molecule has 0 aromatic carbocycles. The van der Waals surface area contributed by atoms with Gasteiger partial charge in [-0.05, 0) is 51.1 Å². The predicted octanol–water partition coefficient (Wildman–Crippen LogP) is 1.28. The predicted molar refractivity (Wildman–Crippen MR) is 69.0 cm³/mol. The fraction of sp³-hybridized carbons (Fsp3) is 0.786. The molecule has 2 fully saturated rings. The van der Waals surface area contributed by atoms with Crippen LogP contribution in [-0.4, -0.2) is 43.7 Å². The highest BCUT2D eigenvalue weighted by Crippen LogP contribution is 2.39. The Bertz CT molecular complexity index is 378. The molecule has 3 heterocycles. The van der Waals surface area contributed by atoms with Gasteiger partial charge in [-0.2, -0.15) is 0 Å². The molecule has 0 unspecified atom stereocenters. The third-order valence-electron chi connectivity index (χ3n) is 4.79. The van der Waals surface area contributed by atoms with Gasteiger partial charge in [0.2, 0.25) is 0 Å². The monoisotopic (exact) mass is 250 g/mol. The highest BCUT2D eigenvalue weighted by atomic mass is 16.5. The Kier molecular flexibility index (Phi) is 3.06. The molecule has 0 radical (unpaired) electrons. The summed E-state index contributed by atoms with van der Waals surface area (Å²) >= 11 is 0. The number of cyclic esters (lactones) is 1. The van der Waals surface area contributed by atoms with Crippen molar-refractivity contribution in [2.24, 2.45) is 5.41 Å². The molecule has 100 valence electrons. The van der Waals surface area contributed by atoms with E-state index in [1.165, 1.54) is 25.7 Å². The molecule has 1 spiro atoms. The number of hydrogen-bond donors (Lipinski definition) is 1. The first kappa shape index (κ1) is 12.0. The highest BCUT2D eigenvalue weighted by molar-refractivity contribution is 5.90. The van der Waals surface area contributed by atoms with Crippen LogP contribution in [0, 0.1) is 5.41 Å². The van der Waals surface area contributed by atoms with Crippen molar-refractivity contribution in [1.82, 2.24) is 10.2 Å². The fourth-order valence-corrected chi connectivity index (χ4v) is 3.60. The third kappa shape index (κ3) is 2.03. The Labute approximate surface area is 108 Å². The Morgan fingerprint density at radius 1 is 1.28 bits per heavy atom. The first-order chi connectivity index (χ1) is 8.70. The molecule has 0 atom stereocenters. The lowest BCUT2D eigenvalue weighted by Gasteiger charge is -2.46. The molecule has 4 heteroatoms. The lowest BCUT2D eigenvalue weighted by Crippen LogP contribution is -2.48. The number of likely N-dealkylation sites (tertiary alicyclic amines) is 1. The summed E-state index contributed by atoms with van der Waals surface area (Å²) in [4.78, 5) is 13.9. The van der Waals surface area contributed by atoms with E-state index in [-0.39, 0.29) is 5.97 Å². The Morgan fingerprint density at radius 2 is 2.06 bits per heavy atom. The SMILES string of the molecule is CC1=C(N2CCCC3(CCNCC3)C2)COC1=O. The number of piperidine rings is 2. The first-order valence-electron chi connectivity index (χ1n) is 7.03. The van der Waals surface area contributed by atoms with E-state index in [0.717, 1.165) is 37.4 Å². The van der Waals surface area contributed by atoms with Gasteiger partial charge < -0.3 is 15.0 Å². The molecule has 3 aliphatic rings. The van der Waals surface area contributed by atoms with Gasteiger partial charge >= 0.3 is 5.97 Å². The van der Waals surface area contributed by atoms with Crippen molar-refractivity contribution < 1.29 is 9.53 Å². The molecular formula is C14H22N2O2. The van der Waals surface area contributed by atoms with Crippen LogP contribution in [0.1, 0.15) is 32.6 Å². The Balaban J connectivity index is 1.76. The molecule has 0 saturated carbocycles. The van der Waals surface area contributed by atoms with Gasteiger partial charge in [-0.15, -0.1) is 0 Å². The number of ether oxygens (including phenoxy) is 1. The summed E-state index contributed by atoms with van der Waals surface area (Å²) in [5, 5.41) is 3.45. The van der Waals surface area contributed by atoms with Gasteiger partial charge in [0, 0.05) is 13.1 Å². The van der Waals surface area contributed by atoms with E-state index in [2.05, 4.69) is 10.2 Å². The Hall–Kier alpha value is -1.03. The minimum absolute atomic E-state index is 0.130. The van der Waals surface area contributed by atoms with E-state index in [1.807, 2.05) is 6.92 Å². The zero-order valence-corrected chi connectivity index (χ0v) is 11.1. The standard InChI is InChI=1S/C14H22N2O2/c1-11-12(9-18-13(11)17)16-8-2-3-14(10-16)4-6-15-7-5-14/h15H,2-10H2,1H3. The van der Waals surface area contributed by atoms with E-state index in [1.54, 1.807) is 0 Å². The molecule has 0 aromatic rings. The van der Waals surface area contributed by atoms with Crippen LogP contribution in [0.2, 0.25) is 0 Å². The van der Waals surface area contributed by atoms with Crippen LogP contribution < -0.4 is 5.32 Å². The Morgan fingerprint density at radius 3 is 2.72 bits per heavy atom. The topological polar surface area (TPSA) is 41.6 Å². The van der Waals surface area contributed by atoms with E-state index < -0.39 is 0 Å². The van der Waals surface area contributed by atoms with Gasteiger partial charge in [-0.1, -0.05) is 0 Å². The molecule has 4 nitrogen and oxygen atoms in total. The summed E-state index contributed by atoms with van der Waals surface area (Å²) in [5.74, 6) is -0.130. The molecule has 0 bridgehead atoms. The van der Waals surface area contributed by atoms with Crippen LogP contribution >= 0.6 is 0 Å². The molecule has 0 aliphatic carbocycles. The van der Waals surface area contributed by atoms with Crippen molar-refractivity contribution in [3.8, 4) is 0 Å². The van der Waals surface area contributed by atoms with E-state index in [0.29, 0.717) is 12.0 Å². The number of nitrogens with zero attached hydrogens (tertiary/aromatic N) is 1. The minimum atomic E-state index is -0.130. The summed E-state index contributed by atoms with van der Waals surface area (Å²) in [6.45, 7) is 6.85. The van der Waals surface area contributed by atoms with Crippen LogP contribution in [0.15, 0.2) is 11.3 Å². The van der Waals surface area contributed by atoms with Crippen molar-refractivity contribution in [3.05, 3.63) is 11.3 Å². The van der Waals surface area contributed by atoms with Gasteiger partial charge in [0.15, 0.2) is 0 Å². The van der Waals surface area contributed by atoms with Crippen LogP contribution in [0.4, 0.5) is 0 Å². The highest BCUT2D eigenvalue weighted by Gasteiger charge is 2.38. The molecular weight excluding hydrogens is 228 g/mol. The van der Waals surface area contributed by atoms with Gasteiger partial charge in [-0.3, -0.25) is 0 Å². The van der Waals surface area contributed by atoms with Crippen molar-refractivity contribution in [3.63, 3.8) is 0 Å². The zero-order chi connectivity index (χ0) is 12.6. The number of rotatable bonds is 1. The largest absolute Gasteiger partial charge is 0.456 e. The maximum Gasteiger partial charge on any atom is 0.335 e. The maximum absolute atomic E-state index is 11.5. The lowest BCUT2D eigenvalue weighted by molar-refractivity contribution is -0.136. The number of nitrogens with one attached hydrogen (secondary N) is 1. The molecule has 18 heavy (non-hydrogen) atoms. The second-order valence-electron chi connectivity index (χ2n) is 5.92. The molecule has 1 N–H and O–H groups in total. The first-order valence-corrected chi connectivity index (χ1v) is 7.03. The number of carbonyl (C=O) groups excluding carboxylic acids is 1. The van der Waals surface area contributed by atoms with Crippen LogP contribution in [0.3, 0.4) is 0 Å². The average molecular weight is 250 g/mol. The van der Waals surface area contributed by atoms with E-state index in [4.69, 9.17) is 4.74 Å². The summed E-state index contributed by atoms with van der Waals surface area (Å²) < 4.78 is 5.14. The van der Waals surface area contributed by atoms with E-state index in [9.17, 15) is 4.79 Å². The lowest BCUT2D eigenvalue weighted by atomic mass is 9.73. The van der Waals surface area contributed by atoms with Crippen molar-refractivity contribution in [1.29, 1.82) is 0 Å². The van der Waals surface area contributed by atoms with Crippen molar-refractivity contribution in [2.75, 3.05) is 32.8 Å². The summed E-state index contributed by atoms with van der Waals surface area (Å²) in [6.07, 6.45) is 5.12. The number of hydrogen-bond acceptors (Lipinski definition) is 4. The van der Waals surface area contributed by atoms with Crippen LogP contribution in [0.5, 0.6) is 0 Å². The molecule has 0 aromatic heterocycles. The van der Waals surface area contributed by atoms with Crippen LogP contribution in [0.25, 0.3) is 0 Å². The van der Waals surface area contributed by atoms with Gasteiger partial charge in [-0.25, -0.2) is 4.79 Å². The van der Waals surface area contributed by atoms with Gasteiger partial charge in [0.25, 0.3) is 0 Å². The molecule has 3 aliphatic heterocycles. The number of carbonyl (C=O) groups is 1. The smallest absolute Gasteiger partial charge is 0.335 e. The second-order valence-corrected chi connectivity index (χ2v) is 5.92. The summed E-state index contributed by atoms with van der Waals surface area (Å²) in [6, 6.07) is 0. The molecule has 3 rings (SSSR count). The maximum atomic E-state index is 11.5. The average Bonchev–Trinajstić information content (AvgIpc) is 2.71. The summed E-state index contributed by atoms with van der Waals surface area (Å²) in [5.41, 5.74) is 2.43. The zero-order valence-electron chi connectivity index (χ0n) is 11.1. The van der Waals surface area contributed by atoms with Gasteiger partial charge in [0.1, 0.15) is 6.61 Å². The number of esters is 1. The molecule has 0 amide bonds. The molecule has 2 saturated heterocycles. The van der Waals surface area contributed by atoms with E-state index >= 15 is 0 Å². The van der Waals surface area contributed by atoms with Crippen LogP contribution in [-0.2, 0) is 9.53 Å². The van der Waals surface area contributed by atoms with Gasteiger partial charge in [0.05, 0.1) is 11.3 Å². The third-order valence-corrected chi connectivity index (χ3v) is 4.79. The van der Waals surface area contributed by atoms with Crippen molar-refractivity contribution in [2.45, 2.75) is 32.6 Å². The van der Waals surface area contributed by atoms with Crippen molar-refractivity contribution >= 4 is 5.97 Å². The fourth-order valence-electron chi connectivity index (χ4n) is 3.60. The minimum Gasteiger partial charge on any atom is -0.456 e. The second kappa shape index (κ2) is 4.57.